The summed E-state index contributed by atoms with van der Waals surface area (Å²) in [6.45, 7) is -0.637. The van der Waals surface area contributed by atoms with Crippen LogP contribution >= 0.6 is 0 Å². The van der Waals surface area contributed by atoms with Crippen LogP contribution < -0.4 is 0 Å². The Hall–Kier alpha value is -1.95. The van der Waals surface area contributed by atoms with Crippen molar-refractivity contribution in [3.05, 3.63) is 46.0 Å². The number of benzene rings is 1. The molecule has 0 spiro atoms. The third kappa shape index (κ3) is 2.01. The molecule has 1 aromatic carbocycles. The maximum Gasteiger partial charge on any atom is 0.236 e. The zero-order chi connectivity index (χ0) is 11.7. The predicted octanol–water partition coefficient (Wildman–Crippen LogP) is 1.88. The molecule has 1 aromatic heterocycles. The summed E-state index contributed by atoms with van der Waals surface area (Å²) in [5.74, 6) is -0.394. The number of fused-ring (bicyclic) bond motifs is 1. The van der Waals surface area contributed by atoms with Gasteiger partial charge in [0.15, 0.2) is 6.10 Å². The van der Waals surface area contributed by atoms with Crippen molar-refractivity contribution in [2.75, 3.05) is 6.54 Å². The molecule has 0 unspecified atom stereocenters. The van der Waals surface area contributed by atoms with Gasteiger partial charge in [-0.15, -0.1) is 0 Å². The van der Waals surface area contributed by atoms with Crippen LogP contribution in [0.15, 0.2) is 28.7 Å². The Morgan fingerprint density at radius 1 is 1.50 bits per heavy atom. The molecule has 0 saturated carbocycles. The molecule has 84 valence electrons. The molecule has 1 heterocycles. The standard InChI is InChI=1S/C10H8FNO4/c11-7-2-1-6-3-10(16-9(6)4-7)8(13)5-12(14)15/h1-4,8,13H,5H2/t8-/m0/s1. The molecule has 2 rings (SSSR count). The molecular weight excluding hydrogens is 217 g/mol. The van der Waals surface area contributed by atoms with E-state index in [0.29, 0.717) is 5.39 Å². The van der Waals surface area contributed by atoms with Crippen LogP contribution in [0.4, 0.5) is 4.39 Å². The summed E-state index contributed by atoms with van der Waals surface area (Å²) in [4.78, 5) is 9.56. The lowest BCUT2D eigenvalue weighted by Gasteiger charge is -2.00. The average Bonchev–Trinajstić information content (AvgIpc) is 2.59. The largest absolute Gasteiger partial charge is 0.458 e. The molecule has 0 aliphatic heterocycles. The van der Waals surface area contributed by atoms with E-state index in [0.717, 1.165) is 6.07 Å². The first kappa shape index (κ1) is 10.6. The summed E-state index contributed by atoms with van der Waals surface area (Å²) in [5, 5.41) is 20.2. The van der Waals surface area contributed by atoms with E-state index in [-0.39, 0.29) is 11.3 Å². The first-order valence-electron chi connectivity index (χ1n) is 4.55. The number of furan rings is 1. The molecule has 5 nitrogen and oxygen atoms in total. The fourth-order valence-electron chi connectivity index (χ4n) is 1.42. The molecule has 0 aliphatic carbocycles. The zero-order valence-corrected chi connectivity index (χ0v) is 8.09. The maximum atomic E-state index is 12.8. The molecule has 16 heavy (non-hydrogen) atoms. The Balaban J connectivity index is 2.35. The summed E-state index contributed by atoms with van der Waals surface area (Å²) >= 11 is 0. The lowest BCUT2D eigenvalue weighted by Crippen LogP contribution is -2.10. The van der Waals surface area contributed by atoms with E-state index in [9.17, 15) is 19.6 Å². The van der Waals surface area contributed by atoms with E-state index in [1.54, 1.807) is 0 Å². The van der Waals surface area contributed by atoms with E-state index in [1.807, 2.05) is 0 Å². The van der Waals surface area contributed by atoms with Crippen molar-refractivity contribution in [2.45, 2.75) is 6.10 Å². The third-order valence-electron chi connectivity index (χ3n) is 2.15. The minimum Gasteiger partial charge on any atom is -0.458 e. The molecule has 0 amide bonds. The van der Waals surface area contributed by atoms with Crippen LogP contribution in [0.3, 0.4) is 0 Å². The van der Waals surface area contributed by atoms with E-state index in [1.165, 1.54) is 18.2 Å². The predicted molar refractivity (Wildman–Crippen MR) is 53.0 cm³/mol. The smallest absolute Gasteiger partial charge is 0.236 e. The second-order valence-corrected chi connectivity index (χ2v) is 3.36. The highest BCUT2D eigenvalue weighted by molar-refractivity contribution is 5.77. The Morgan fingerprint density at radius 2 is 2.25 bits per heavy atom. The van der Waals surface area contributed by atoms with Crippen LogP contribution in [-0.4, -0.2) is 16.6 Å². The third-order valence-corrected chi connectivity index (χ3v) is 2.15. The van der Waals surface area contributed by atoms with Gasteiger partial charge in [0.2, 0.25) is 6.54 Å². The highest BCUT2D eigenvalue weighted by atomic mass is 19.1. The topological polar surface area (TPSA) is 76.5 Å². The molecular formula is C10H8FNO4. The maximum absolute atomic E-state index is 12.8. The van der Waals surface area contributed by atoms with E-state index >= 15 is 0 Å². The SMILES string of the molecule is O=[N+]([O-])C[C@H](O)c1cc2ccc(F)cc2o1. The number of nitrogens with zero attached hydrogens (tertiary/aromatic N) is 1. The van der Waals surface area contributed by atoms with Gasteiger partial charge >= 0.3 is 0 Å². The fourth-order valence-corrected chi connectivity index (χ4v) is 1.42. The van der Waals surface area contributed by atoms with Crippen molar-refractivity contribution in [2.24, 2.45) is 0 Å². The van der Waals surface area contributed by atoms with Gasteiger partial charge in [-0.2, -0.15) is 0 Å². The number of rotatable bonds is 3. The van der Waals surface area contributed by atoms with E-state index in [4.69, 9.17) is 4.42 Å². The van der Waals surface area contributed by atoms with Crippen LogP contribution in [0.25, 0.3) is 11.0 Å². The summed E-state index contributed by atoms with van der Waals surface area (Å²) in [7, 11) is 0. The monoisotopic (exact) mass is 225 g/mol. The van der Waals surface area contributed by atoms with Gasteiger partial charge in [-0.1, -0.05) is 0 Å². The molecule has 2 aromatic rings. The summed E-state index contributed by atoms with van der Waals surface area (Å²) in [6.07, 6.45) is -1.31. The van der Waals surface area contributed by atoms with Crippen molar-refractivity contribution >= 4 is 11.0 Å². The molecule has 1 atom stereocenters. The van der Waals surface area contributed by atoms with Crippen LogP contribution in [0.1, 0.15) is 11.9 Å². The summed E-state index contributed by atoms with van der Waals surface area (Å²) in [6, 6.07) is 5.36. The summed E-state index contributed by atoms with van der Waals surface area (Å²) in [5.41, 5.74) is 0.261. The Labute approximate surface area is 89.3 Å². The van der Waals surface area contributed by atoms with Gasteiger partial charge in [-0.05, 0) is 18.2 Å². The molecule has 6 heteroatoms. The van der Waals surface area contributed by atoms with E-state index < -0.39 is 23.4 Å². The highest BCUT2D eigenvalue weighted by Crippen LogP contribution is 2.24. The average molecular weight is 225 g/mol. The molecule has 0 fully saturated rings. The first-order chi connectivity index (χ1) is 7.56. The van der Waals surface area contributed by atoms with Gasteiger partial charge in [-0.25, -0.2) is 4.39 Å². The van der Waals surface area contributed by atoms with Gasteiger partial charge in [0.05, 0.1) is 0 Å². The second kappa shape index (κ2) is 3.90. The van der Waals surface area contributed by atoms with Gasteiger partial charge in [-0.3, -0.25) is 10.1 Å². The zero-order valence-electron chi connectivity index (χ0n) is 8.09. The number of hydrogen-bond acceptors (Lipinski definition) is 4. The van der Waals surface area contributed by atoms with Crippen molar-refractivity contribution in [3.8, 4) is 0 Å². The van der Waals surface area contributed by atoms with E-state index in [2.05, 4.69) is 0 Å². The molecule has 0 aliphatic rings. The lowest BCUT2D eigenvalue weighted by molar-refractivity contribution is -0.492. The quantitative estimate of drug-likeness (QED) is 0.639. The fraction of sp³-hybridized carbons (Fsp3) is 0.200. The number of halogens is 1. The van der Waals surface area contributed by atoms with Crippen molar-refractivity contribution < 1.29 is 18.8 Å². The van der Waals surface area contributed by atoms with Crippen molar-refractivity contribution in [3.63, 3.8) is 0 Å². The minimum absolute atomic E-state index is 0.0669. The molecule has 1 N–H and O–H groups in total. The van der Waals surface area contributed by atoms with Crippen molar-refractivity contribution in [1.29, 1.82) is 0 Å². The van der Waals surface area contributed by atoms with Gasteiger partial charge < -0.3 is 9.52 Å². The lowest BCUT2D eigenvalue weighted by atomic mass is 10.2. The second-order valence-electron chi connectivity index (χ2n) is 3.36. The van der Waals surface area contributed by atoms with Gasteiger partial charge in [0.25, 0.3) is 0 Å². The van der Waals surface area contributed by atoms with Crippen molar-refractivity contribution in [1.82, 2.24) is 0 Å². The Bertz CT molecular complexity index is 537. The minimum atomic E-state index is -1.31. The number of nitro groups is 1. The number of aliphatic hydroxyl groups excluding tert-OH is 1. The van der Waals surface area contributed by atoms with Crippen LogP contribution in [-0.2, 0) is 0 Å². The van der Waals surface area contributed by atoms with Crippen LogP contribution in [0.2, 0.25) is 0 Å². The van der Waals surface area contributed by atoms with Gasteiger partial charge in [0, 0.05) is 16.4 Å². The van der Waals surface area contributed by atoms with Crippen LogP contribution in [0.5, 0.6) is 0 Å². The number of hydrogen-bond donors (Lipinski definition) is 1. The summed E-state index contributed by atoms with van der Waals surface area (Å²) < 4.78 is 17.9. The number of aliphatic hydroxyl groups is 1. The highest BCUT2D eigenvalue weighted by Gasteiger charge is 2.18. The van der Waals surface area contributed by atoms with Gasteiger partial charge in [0.1, 0.15) is 17.2 Å². The Morgan fingerprint density at radius 3 is 2.94 bits per heavy atom. The molecule has 0 bridgehead atoms. The first-order valence-corrected chi connectivity index (χ1v) is 4.55. The normalized spacial score (nSPS) is 12.9. The van der Waals surface area contributed by atoms with Crippen LogP contribution in [0, 0.1) is 15.9 Å². The molecule has 0 saturated heterocycles. The Kier molecular flexibility index (Phi) is 2.57. The molecule has 0 radical (unpaired) electrons.